The van der Waals surface area contributed by atoms with Gasteiger partial charge in [0.25, 0.3) is 0 Å². The molecule has 0 saturated carbocycles. The number of carbonyl (C=O) groups is 1. The summed E-state index contributed by atoms with van der Waals surface area (Å²) in [6.45, 7) is 5.25. The fraction of sp³-hybridized carbons (Fsp3) is 0.417. The number of nitrogens with zero attached hydrogens (tertiary/aromatic N) is 2. The van der Waals surface area contributed by atoms with Gasteiger partial charge in [0, 0.05) is 6.20 Å². The maximum Gasteiger partial charge on any atom is 0.326 e. The standard InChI is InChI=1S/C12H14ClN3O2/c1-6(2)10(12(17)18)16-11-8(4-14)7(3)9(13)5-15-11/h5-6,10H,1-3H3,(H,15,16)(H,17,18)/t10-/m0/s1. The van der Waals surface area contributed by atoms with E-state index in [1.807, 2.05) is 6.07 Å². The van der Waals surface area contributed by atoms with E-state index in [-0.39, 0.29) is 17.3 Å². The van der Waals surface area contributed by atoms with Gasteiger partial charge in [0.05, 0.1) is 10.6 Å². The summed E-state index contributed by atoms with van der Waals surface area (Å²) < 4.78 is 0. The van der Waals surface area contributed by atoms with Gasteiger partial charge in [-0.2, -0.15) is 5.26 Å². The second kappa shape index (κ2) is 5.69. The Hall–Kier alpha value is -1.80. The fourth-order valence-corrected chi connectivity index (χ4v) is 1.63. The summed E-state index contributed by atoms with van der Waals surface area (Å²) >= 11 is 5.87. The Morgan fingerprint density at radius 2 is 2.22 bits per heavy atom. The van der Waals surface area contributed by atoms with Crippen molar-refractivity contribution in [1.82, 2.24) is 4.98 Å². The van der Waals surface area contributed by atoms with Crippen molar-refractivity contribution >= 4 is 23.4 Å². The van der Waals surface area contributed by atoms with Crippen molar-refractivity contribution in [3.05, 3.63) is 22.3 Å². The summed E-state index contributed by atoms with van der Waals surface area (Å²) in [7, 11) is 0. The molecule has 0 bridgehead atoms. The molecular weight excluding hydrogens is 254 g/mol. The molecule has 6 heteroatoms. The minimum absolute atomic E-state index is 0.133. The zero-order valence-electron chi connectivity index (χ0n) is 10.4. The summed E-state index contributed by atoms with van der Waals surface area (Å²) in [5.74, 6) is -0.865. The average molecular weight is 268 g/mol. The van der Waals surface area contributed by atoms with Crippen LogP contribution in [0.2, 0.25) is 5.02 Å². The molecule has 96 valence electrons. The number of nitrogens with one attached hydrogen (secondary N) is 1. The number of rotatable bonds is 4. The van der Waals surface area contributed by atoms with E-state index in [9.17, 15) is 4.79 Å². The summed E-state index contributed by atoms with van der Waals surface area (Å²) in [6, 6.07) is 1.18. The molecule has 0 aliphatic rings. The van der Waals surface area contributed by atoms with E-state index in [0.29, 0.717) is 10.6 Å². The molecule has 1 aromatic rings. The number of hydrogen-bond donors (Lipinski definition) is 2. The third-order valence-corrected chi connectivity index (χ3v) is 2.99. The average Bonchev–Trinajstić information content (AvgIpc) is 2.29. The number of anilines is 1. The topological polar surface area (TPSA) is 86.0 Å². The van der Waals surface area contributed by atoms with Crippen LogP contribution in [0, 0.1) is 24.2 Å². The Morgan fingerprint density at radius 3 is 2.67 bits per heavy atom. The van der Waals surface area contributed by atoms with Gasteiger partial charge < -0.3 is 10.4 Å². The number of halogens is 1. The van der Waals surface area contributed by atoms with Crippen molar-refractivity contribution in [3.63, 3.8) is 0 Å². The van der Waals surface area contributed by atoms with Gasteiger partial charge in [0.2, 0.25) is 0 Å². The predicted molar refractivity (Wildman–Crippen MR) is 68.6 cm³/mol. The van der Waals surface area contributed by atoms with Crippen LogP contribution < -0.4 is 5.32 Å². The van der Waals surface area contributed by atoms with Gasteiger partial charge >= 0.3 is 5.97 Å². The lowest BCUT2D eigenvalue weighted by Gasteiger charge is -2.19. The molecule has 1 rings (SSSR count). The SMILES string of the molecule is Cc1c(Cl)cnc(N[C@H](C(=O)O)C(C)C)c1C#N. The molecule has 1 aromatic heterocycles. The maximum absolute atomic E-state index is 11.1. The molecule has 0 aromatic carbocycles. The Balaban J connectivity index is 3.16. The van der Waals surface area contributed by atoms with Gasteiger partial charge in [-0.3, -0.25) is 0 Å². The maximum atomic E-state index is 11.1. The highest BCUT2D eigenvalue weighted by Gasteiger charge is 2.23. The van der Waals surface area contributed by atoms with E-state index in [1.165, 1.54) is 6.20 Å². The third-order valence-electron chi connectivity index (χ3n) is 2.61. The molecule has 0 aliphatic heterocycles. The lowest BCUT2D eigenvalue weighted by Crippen LogP contribution is -2.35. The number of carboxylic acids is 1. The first kappa shape index (κ1) is 14.3. The molecule has 5 nitrogen and oxygen atoms in total. The lowest BCUT2D eigenvalue weighted by molar-refractivity contribution is -0.138. The van der Waals surface area contributed by atoms with Crippen LogP contribution in [0.5, 0.6) is 0 Å². The van der Waals surface area contributed by atoms with Crippen LogP contribution in [0.3, 0.4) is 0 Å². The van der Waals surface area contributed by atoms with Crippen LogP contribution in [-0.4, -0.2) is 22.1 Å². The normalized spacial score (nSPS) is 12.0. The minimum atomic E-state index is -0.983. The molecule has 1 heterocycles. The Morgan fingerprint density at radius 1 is 1.61 bits per heavy atom. The number of aromatic nitrogens is 1. The molecule has 0 fully saturated rings. The van der Waals surface area contributed by atoms with Gasteiger partial charge in [0.15, 0.2) is 0 Å². The molecule has 0 amide bonds. The second-order valence-corrected chi connectivity index (χ2v) is 4.68. The van der Waals surface area contributed by atoms with E-state index >= 15 is 0 Å². The third kappa shape index (κ3) is 2.90. The quantitative estimate of drug-likeness (QED) is 0.875. The van der Waals surface area contributed by atoms with E-state index in [0.717, 1.165) is 0 Å². The monoisotopic (exact) mass is 267 g/mol. The van der Waals surface area contributed by atoms with Crippen LogP contribution >= 0.6 is 11.6 Å². The van der Waals surface area contributed by atoms with Crippen molar-refractivity contribution < 1.29 is 9.90 Å². The molecule has 0 saturated heterocycles. The van der Waals surface area contributed by atoms with Crippen molar-refractivity contribution in [1.29, 1.82) is 5.26 Å². The number of aliphatic carboxylic acids is 1. The largest absolute Gasteiger partial charge is 0.480 e. The Kier molecular flexibility index (Phi) is 4.51. The summed E-state index contributed by atoms with van der Waals surface area (Å²) in [4.78, 5) is 15.1. The highest BCUT2D eigenvalue weighted by atomic mass is 35.5. The number of pyridine rings is 1. The second-order valence-electron chi connectivity index (χ2n) is 4.27. The van der Waals surface area contributed by atoms with Crippen molar-refractivity contribution in [3.8, 4) is 6.07 Å². The molecule has 0 spiro atoms. The molecule has 0 unspecified atom stereocenters. The van der Waals surface area contributed by atoms with Crippen molar-refractivity contribution in [2.24, 2.45) is 5.92 Å². The first-order valence-electron chi connectivity index (χ1n) is 5.43. The van der Waals surface area contributed by atoms with Crippen LogP contribution in [0.4, 0.5) is 5.82 Å². The van der Waals surface area contributed by atoms with Gasteiger partial charge in [-0.1, -0.05) is 25.4 Å². The van der Waals surface area contributed by atoms with Crippen LogP contribution in [0.15, 0.2) is 6.20 Å². The van der Waals surface area contributed by atoms with Crippen LogP contribution in [-0.2, 0) is 4.79 Å². The number of hydrogen-bond acceptors (Lipinski definition) is 4. The highest BCUT2D eigenvalue weighted by Crippen LogP contribution is 2.24. The van der Waals surface area contributed by atoms with E-state index < -0.39 is 12.0 Å². The first-order valence-corrected chi connectivity index (χ1v) is 5.80. The predicted octanol–water partition coefficient (Wildman–Crippen LogP) is 2.44. The smallest absolute Gasteiger partial charge is 0.326 e. The van der Waals surface area contributed by atoms with Gasteiger partial charge in [0.1, 0.15) is 17.9 Å². The molecule has 2 N–H and O–H groups in total. The molecule has 0 aliphatic carbocycles. The summed E-state index contributed by atoms with van der Waals surface area (Å²) in [6.07, 6.45) is 1.40. The number of carboxylic acid groups (broad SMARTS) is 1. The molecule has 1 atom stereocenters. The van der Waals surface area contributed by atoms with Crippen LogP contribution in [0.25, 0.3) is 0 Å². The zero-order chi connectivity index (χ0) is 13.9. The first-order chi connectivity index (χ1) is 8.38. The number of nitriles is 1. The van der Waals surface area contributed by atoms with Crippen molar-refractivity contribution in [2.75, 3.05) is 5.32 Å². The highest BCUT2D eigenvalue weighted by molar-refractivity contribution is 6.31. The van der Waals surface area contributed by atoms with Crippen LogP contribution in [0.1, 0.15) is 25.0 Å². The Bertz CT molecular complexity index is 509. The van der Waals surface area contributed by atoms with Gasteiger partial charge in [-0.15, -0.1) is 0 Å². The van der Waals surface area contributed by atoms with Gasteiger partial charge in [-0.25, -0.2) is 9.78 Å². The minimum Gasteiger partial charge on any atom is -0.480 e. The van der Waals surface area contributed by atoms with E-state index in [2.05, 4.69) is 10.3 Å². The Labute approximate surface area is 110 Å². The zero-order valence-corrected chi connectivity index (χ0v) is 11.1. The molecule has 18 heavy (non-hydrogen) atoms. The fourth-order valence-electron chi connectivity index (χ4n) is 1.49. The molecule has 0 radical (unpaired) electrons. The molecular formula is C12H14ClN3O2. The summed E-state index contributed by atoms with van der Waals surface area (Å²) in [5, 5.41) is 21.3. The lowest BCUT2D eigenvalue weighted by atomic mass is 10.0. The van der Waals surface area contributed by atoms with E-state index in [4.69, 9.17) is 22.0 Å². The summed E-state index contributed by atoms with van der Waals surface area (Å²) in [5.41, 5.74) is 0.860. The van der Waals surface area contributed by atoms with Crippen molar-refractivity contribution in [2.45, 2.75) is 26.8 Å². The van der Waals surface area contributed by atoms with E-state index in [1.54, 1.807) is 20.8 Å². The van der Waals surface area contributed by atoms with Gasteiger partial charge in [-0.05, 0) is 18.4 Å².